The number of anilines is 1. The predicted octanol–water partition coefficient (Wildman–Crippen LogP) is 2.03. The standard InChI is InChI=1S/C20H25N3O5S2/c1-14-4-6-15(7-5-14)16-13-29-19(18(16)20(25)28-2)21-17(24)12-22-8-10-23(11-9-22)30(3,26)27/h4-7,13H,8-12H2,1-3H3,(H,21,24). The zero-order valence-corrected chi connectivity index (χ0v) is 18.8. The molecule has 0 aliphatic carbocycles. The van der Waals surface area contributed by atoms with E-state index in [0.717, 1.165) is 11.1 Å². The van der Waals surface area contributed by atoms with Gasteiger partial charge in [0.15, 0.2) is 0 Å². The molecule has 2 heterocycles. The lowest BCUT2D eigenvalue weighted by molar-refractivity contribution is -0.117. The van der Waals surface area contributed by atoms with Gasteiger partial charge in [-0.15, -0.1) is 11.3 Å². The van der Waals surface area contributed by atoms with E-state index in [1.807, 2.05) is 41.5 Å². The van der Waals surface area contributed by atoms with Crippen LogP contribution in [0.25, 0.3) is 11.1 Å². The van der Waals surface area contributed by atoms with Crippen LogP contribution in [0.15, 0.2) is 29.6 Å². The van der Waals surface area contributed by atoms with Crippen molar-refractivity contribution in [2.45, 2.75) is 6.92 Å². The van der Waals surface area contributed by atoms with E-state index in [2.05, 4.69) is 5.32 Å². The van der Waals surface area contributed by atoms with Crippen molar-refractivity contribution in [3.8, 4) is 11.1 Å². The molecule has 8 nitrogen and oxygen atoms in total. The second kappa shape index (κ2) is 9.25. The summed E-state index contributed by atoms with van der Waals surface area (Å²) in [4.78, 5) is 26.9. The van der Waals surface area contributed by atoms with Gasteiger partial charge >= 0.3 is 5.97 Å². The third-order valence-electron chi connectivity index (χ3n) is 4.96. The Morgan fingerprint density at radius 1 is 1.13 bits per heavy atom. The maximum absolute atomic E-state index is 12.6. The van der Waals surface area contributed by atoms with Crippen molar-refractivity contribution in [1.29, 1.82) is 0 Å². The maximum atomic E-state index is 12.6. The van der Waals surface area contributed by atoms with Crippen LogP contribution in [0.1, 0.15) is 15.9 Å². The number of nitrogens with one attached hydrogen (secondary N) is 1. The molecule has 1 aliphatic rings. The Hall–Kier alpha value is -2.27. The Kier molecular flexibility index (Phi) is 6.91. The summed E-state index contributed by atoms with van der Waals surface area (Å²) >= 11 is 1.27. The van der Waals surface area contributed by atoms with Gasteiger partial charge in [0.25, 0.3) is 0 Å². The van der Waals surface area contributed by atoms with Crippen molar-refractivity contribution in [3.63, 3.8) is 0 Å². The molecule has 1 aromatic heterocycles. The van der Waals surface area contributed by atoms with Crippen LogP contribution in [0, 0.1) is 6.92 Å². The van der Waals surface area contributed by atoms with Crippen molar-refractivity contribution in [2.24, 2.45) is 0 Å². The minimum Gasteiger partial charge on any atom is -0.465 e. The Morgan fingerprint density at radius 3 is 2.33 bits per heavy atom. The Labute approximate surface area is 180 Å². The highest BCUT2D eigenvalue weighted by atomic mass is 32.2. The monoisotopic (exact) mass is 451 g/mol. The van der Waals surface area contributed by atoms with Crippen LogP contribution in [-0.2, 0) is 19.6 Å². The lowest BCUT2D eigenvalue weighted by atomic mass is 10.0. The van der Waals surface area contributed by atoms with Crippen LogP contribution in [-0.4, -0.2) is 75.6 Å². The molecule has 3 rings (SSSR count). The van der Waals surface area contributed by atoms with Crippen molar-refractivity contribution in [1.82, 2.24) is 9.21 Å². The summed E-state index contributed by atoms with van der Waals surface area (Å²) in [5, 5.41) is 5.09. The summed E-state index contributed by atoms with van der Waals surface area (Å²) in [5.74, 6) is -0.769. The van der Waals surface area contributed by atoms with E-state index in [0.29, 0.717) is 42.3 Å². The Balaban J connectivity index is 1.71. The number of amides is 1. The number of nitrogens with zero attached hydrogens (tertiary/aromatic N) is 2. The lowest BCUT2D eigenvalue weighted by Crippen LogP contribution is -2.50. The van der Waals surface area contributed by atoms with E-state index >= 15 is 0 Å². The van der Waals surface area contributed by atoms with Crippen LogP contribution in [0.5, 0.6) is 0 Å². The maximum Gasteiger partial charge on any atom is 0.341 e. The third-order valence-corrected chi connectivity index (χ3v) is 7.16. The van der Waals surface area contributed by atoms with Gasteiger partial charge < -0.3 is 10.1 Å². The van der Waals surface area contributed by atoms with Crippen LogP contribution in [0.2, 0.25) is 0 Å². The van der Waals surface area contributed by atoms with Gasteiger partial charge in [0.2, 0.25) is 15.9 Å². The van der Waals surface area contributed by atoms with Gasteiger partial charge in [0.1, 0.15) is 10.6 Å². The zero-order chi connectivity index (χ0) is 21.9. The fraction of sp³-hybridized carbons (Fsp3) is 0.400. The van der Waals surface area contributed by atoms with E-state index < -0.39 is 16.0 Å². The first-order valence-corrected chi connectivity index (χ1v) is 12.2. The highest BCUT2D eigenvalue weighted by molar-refractivity contribution is 7.88. The fourth-order valence-corrected chi connectivity index (χ4v) is 5.09. The summed E-state index contributed by atoms with van der Waals surface area (Å²) in [5.41, 5.74) is 3.03. The van der Waals surface area contributed by atoms with Gasteiger partial charge in [0, 0.05) is 37.1 Å². The largest absolute Gasteiger partial charge is 0.465 e. The van der Waals surface area contributed by atoms with Crippen molar-refractivity contribution in [3.05, 3.63) is 40.8 Å². The highest BCUT2D eigenvalue weighted by Gasteiger charge is 2.26. The summed E-state index contributed by atoms with van der Waals surface area (Å²) in [6, 6.07) is 7.78. The minimum absolute atomic E-state index is 0.121. The predicted molar refractivity (Wildman–Crippen MR) is 117 cm³/mol. The average molecular weight is 452 g/mol. The molecule has 30 heavy (non-hydrogen) atoms. The molecule has 162 valence electrons. The second-order valence-corrected chi connectivity index (χ2v) is 10.1. The SMILES string of the molecule is COC(=O)c1c(-c2ccc(C)cc2)csc1NC(=O)CN1CCN(S(C)(=O)=O)CC1. The number of aryl methyl sites for hydroxylation is 1. The smallest absolute Gasteiger partial charge is 0.341 e. The number of rotatable bonds is 6. The van der Waals surface area contributed by atoms with Gasteiger partial charge in [-0.3, -0.25) is 9.69 Å². The zero-order valence-electron chi connectivity index (χ0n) is 17.2. The quantitative estimate of drug-likeness (QED) is 0.675. The Morgan fingerprint density at radius 2 is 1.77 bits per heavy atom. The number of ether oxygens (including phenoxy) is 1. The van der Waals surface area contributed by atoms with E-state index in [4.69, 9.17) is 4.74 Å². The highest BCUT2D eigenvalue weighted by Crippen LogP contribution is 2.36. The first-order valence-electron chi connectivity index (χ1n) is 9.43. The van der Waals surface area contributed by atoms with Crippen molar-refractivity contribution >= 4 is 38.2 Å². The number of methoxy groups -OCH3 is 1. The number of esters is 1. The molecule has 2 aromatic rings. The molecule has 0 spiro atoms. The van der Waals surface area contributed by atoms with E-state index in [-0.39, 0.29) is 12.5 Å². The number of thiophene rings is 1. The van der Waals surface area contributed by atoms with E-state index in [1.54, 1.807) is 0 Å². The molecule has 1 N–H and O–H groups in total. The van der Waals surface area contributed by atoms with E-state index in [9.17, 15) is 18.0 Å². The van der Waals surface area contributed by atoms with Gasteiger partial charge in [-0.25, -0.2) is 13.2 Å². The average Bonchev–Trinajstić information content (AvgIpc) is 3.11. The first kappa shape index (κ1) is 22.4. The summed E-state index contributed by atoms with van der Waals surface area (Å²) in [7, 11) is -1.90. The van der Waals surface area contributed by atoms with Crippen LogP contribution >= 0.6 is 11.3 Å². The molecule has 1 aliphatic heterocycles. The fourth-order valence-electron chi connectivity index (χ4n) is 3.29. The van der Waals surface area contributed by atoms with E-state index in [1.165, 1.54) is 29.0 Å². The molecule has 1 saturated heterocycles. The Bertz CT molecular complexity index is 1020. The summed E-state index contributed by atoms with van der Waals surface area (Å²) in [6.45, 7) is 3.77. The normalized spacial score (nSPS) is 15.7. The molecule has 0 bridgehead atoms. The van der Waals surface area contributed by atoms with Crippen LogP contribution < -0.4 is 5.32 Å². The lowest BCUT2D eigenvalue weighted by Gasteiger charge is -2.32. The number of hydrogen-bond acceptors (Lipinski definition) is 7. The molecule has 0 saturated carbocycles. The van der Waals surface area contributed by atoms with Crippen molar-refractivity contribution in [2.75, 3.05) is 51.4 Å². The molecule has 1 fully saturated rings. The minimum atomic E-state index is -3.21. The molecule has 0 radical (unpaired) electrons. The number of piperazine rings is 1. The molecular formula is C20H25N3O5S2. The molecule has 0 unspecified atom stereocenters. The van der Waals surface area contributed by atoms with Crippen LogP contribution in [0.3, 0.4) is 0 Å². The number of carbonyl (C=O) groups is 2. The van der Waals surface area contributed by atoms with Gasteiger partial charge in [-0.05, 0) is 12.5 Å². The molecular weight excluding hydrogens is 426 g/mol. The van der Waals surface area contributed by atoms with Gasteiger partial charge in [0.05, 0.1) is 19.9 Å². The number of benzene rings is 1. The number of hydrogen-bond donors (Lipinski definition) is 1. The number of sulfonamides is 1. The van der Waals surface area contributed by atoms with Gasteiger partial charge in [-0.1, -0.05) is 29.8 Å². The topological polar surface area (TPSA) is 96.0 Å². The molecule has 10 heteroatoms. The number of carbonyl (C=O) groups excluding carboxylic acids is 2. The summed E-state index contributed by atoms with van der Waals surface area (Å²) in [6.07, 6.45) is 1.19. The third kappa shape index (κ3) is 5.25. The summed E-state index contributed by atoms with van der Waals surface area (Å²) < 4.78 is 29.6. The molecule has 1 amide bonds. The van der Waals surface area contributed by atoms with Gasteiger partial charge in [-0.2, -0.15) is 4.31 Å². The van der Waals surface area contributed by atoms with Crippen LogP contribution in [0.4, 0.5) is 5.00 Å². The second-order valence-electron chi connectivity index (χ2n) is 7.20. The molecule has 1 aromatic carbocycles. The molecule has 0 atom stereocenters. The first-order chi connectivity index (χ1) is 14.2. The van der Waals surface area contributed by atoms with Crippen molar-refractivity contribution < 1.29 is 22.7 Å².